The highest BCUT2D eigenvalue weighted by Gasteiger charge is 2.24. The smallest absolute Gasteiger partial charge is 0.270 e. The Balaban J connectivity index is 2.43. The van der Waals surface area contributed by atoms with E-state index < -0.39 is 4.92 Å². The first kappa shape index (κ1) is 11.3. The van der Waals surface area contributed by atoms with E-state index in [9.17, 15) is 14.9 Å². The fraction of sp³-hybridized carbons (Fsp3) is 0.333. The molecule has 0 aliphatic heterocycles. The van der Waals surface area contributed by atoms with Crippen molar-refractivity contribution in [1.82, 2.24) is 0 Å². The molecule has 0 heterocycles. The van der Waals surface area contributed by atoms with Crippen LogP contribution in [0.1, 0.15) is 28.8 Å². The number of ketones is 1. The first-order chi connectivity index (χ1) is 8.11. The van der Waals surface area contributed by atoms with Crippen LogP contribution in [0.2, 0.25) is 0 Å². The number of fused-ring (bicyclic) bond motifs is 1. The summed E-state index contributed by atoms with van der Waals surface area (Å²) >= 11 is 0. The molecule has 0 N–H and O–H groups in total. The Kier molecular flexibility index (Phi) is 2.88. The molecule has 0 saturated carbocycles. The maximum atomic E-state index is 11.9. The minimum Gasteiger partial charge on any atom is -0.294 e. The number of non-ortho nitro benzene ring substituents is 1. The number of rotatable bonds is 1. The number of nitrogens with zero attached hydrogens (tertiary/aromatic N) is 2. The molecule has 0 saturated heterocycles. The van der Waals surface area contributed by atoms with Crippen LogP contribution in [0.4, 0.5) is 5.69 Å². The van der Waals surface area contributed by atoms with Gasteiger partial charge in [0.1, 0.15) is 0 Å². The van der Waals surface area contributed by atoms with Crippen molar-refractivity contribution in [1.29, 1.82) is 5.26 Å². The van der Waals surface area contributed by atoms with E-state index in [4.69, 9.17) is 5.26 Å². The molecule has 17 heavy (non-hydrogen) atoms. The summed E-state index contributed by atoms with van der Waals surface area (Å²) in [7, 11) is 0. The van der Waals surface area contributed by atoms with E-state index in [0.717, 1.165) is 5.56 Å². The van der Waals surface area contributed by atoms with Crippen LogP contribution in [0.25, 0.3) is 0 Å². The van der Waals surface area contributed by atoms with Gasteiger partial charge in [-0.15, -0.1) is 0 Å². The van der Waals surface area contributed by atoms with Gasteiger partial charge in [0.25, 0.3) is 5.69 Å². The minimum atomic E-state index is -0.514. The Bertz CT molecular complexity index is 531. The average molecular weight is 230 g/mol. The van der Waals surface area contributed by atoms with Crippen LogP contribution in [-0.4, -0.2) is 10.7 Å². The van der Waals surface area contributed by atoms with Crippen molar-refractivity contribution in [2.24, 2.45) is 5.92 Å². The molecule has 1 atom stereocenters. The summed E-state index contributed by atoms with van der Waals surface area (Å²) < 4.78 is 0. The van der Waals surface area contributed by atoms with Gasteiger partial charge in [0, 0.05) is 24.1 Å². The number of benzene rings is 1. The predicted octanol–water partition coefficient (Wildman–Crippen LogP) is 2.25. The highest BCUT2D eigenvalue weighted by Crippen LogP contribution is 2.27. The number of nitro groups is 1. The molecular weight excluding hydrogens is 220 g/mol. The summed E-state index contributed by atoms with van der Waals surface area (Å²) in [6, 6.07) is 6.43. The van der Waals surface area contributed by atoms with E-state index in [0.29, 0.717) is 18.4 Å². The fourth-order valence-corrected chi connectivity index (χ4v) is 2.03. The molecule has 0 aromatic heterocycles. The maximum absolute atomic E-state index is 11.9. The van der Waals surface area contributed by atoms with Gasteiger partial charge in [-0.25, -0.2) is 0 Å². The lowest BCUT2D eigenvalue weighted by atomic mass is 10.0. The number of nitro benzene ring substituents is 1. The molecule has 1 aliphatic rings. The van der Waals surface area contributed by atoms with E-state index in [1.807, 2.05) is 0 Å². The average Bonchev–Trinajstić information content (AvgIpc) is 2.48. The molecule has 0 spiro atoms. The lowest BCUT2D eigenvalue weighted by molar-refractivity contribution is -0.384. The monoisotopic (exact) mass is 230 g/mol. The maximum Gasteiger partial charge on any atom is 0.270 e. The molecule has 0 bridgehead atoms. The van der Waals surface area contributed by atoms with Gasteiger partial charge in [-0.3, -0.25) is 14.9 Å². The zero-order valence-electron chi connectivity index (χ0n) is 9.05. The zero-order chi connectivity index (χ0) is 12.4. The van der Waals surface area contributed by atoms with Crippen molar-refractivity contribution < 1.29 is 9.72 Å². The van der Waals surface area contributed by atoms with Gasteiger partial charge in [0.2, 0.25) is 0 Å². The first-order valence-electron chi connectivity index (χ1n) is 5.32. The first-order valence-corrected chi connectivity index (χ1v) is 5.32. The molecule has 0 radical (unpaired) electrons. The molecule has 5 heteroatoms. The van der Waals surface area contributed by atoms with Gasteiger partial charge in [0.05, 0.1) is 16.9 Å². The SMILES string of the molecule is N#CC1CCc2ccc([N+](=O)[O-])cc2C(=O)C1. The molecule has 0 amide bonds. The third kappa shape index (κ3) is 2.16. The standard InChI is InChI=1S/C12H10N2O3/c13-7-8-1-2-9-3-4-10(14(16)17)6-11(9)12(15)5-8/h3-4,6,8H,1-2,5H2. The van der Waals surface area contributed by atoms with Crippen LogP contribution in [-0.2, 0) is 6.42 Å². The van der Waals surface area contributed by atoms with Crippen LogP contribution < -0.4 is 0 Å². The molecule has 1 aliphatic carbocycles. The van der Waals surface area contributed by atoms with Crippen molar-refractivity contribution in [2.75, 3.05) is 0 Å². The largest absolute Gasteiger partial charge is 0.294 e. The molecule has 0 fully saturated rings. The Labute approximate surface area is 97.8 Å². The summed E-state index contributed by atoms with van der Waals surface area (Å²) in [5.41, 5.74) is 1.13. The summed E-state index contributed by atoms with van der Waals surface area (Å²) in [5.74, 6) is -0.457. The highest BCUT2D eigenvalue weighted by atomic mass is 16.6. The predicted molar refractivity (Wildman–Crippen MR) is 59.5 cm³/mol. The van der Waals surface area contributed by atoms with Crippen molar-refractivity contribution in [2.45, 2.75) is 19.3 Å². The second kappa shape index (κ2) is 4.34. The van der Waals surface area contributed by atoms with Crippen LogP contribution in [0.15, 0.2) is 18.2 Å². The molecule has 2 rings (SSSR count). The van der Waals surface area contributed by atoms with E-state index in [1.54, 1.807) is 6.07 Å². The second-order valence-electron chi connectivity index (χ2n) is 4.09. The number of Topliss-reactive ketones (excluding diaryl/α,β-unsaturated/α-hetero) is 1. The molecule has 1 aromatic carbocycles. The Morgan fingerprint density at radius 3 is 2.88 bits per heavy atom. The number of carbonyl (C=O) groups is 1. The third-order valence-electron chi connectivity index (χ3n) is 2.98. The molecule has 1 aromatic rings. The van der Waals surface area contributed by atoms with Crippen LogP contribution in [0, 0.1) is 27.4 Å². The number of aryl methyl sites for hydroxylation is 1. The van der Waals surface area contributed by atoms with Crippen molar-refractivity contribution in [3.8, 4) is 6.07 Å². The second-order valence-corrected chi connectivity index (χ2v) is 4.09. The molecule has 5 nitrogen and oxygen atoms in total. The topological polar surface area (TPSA) is 84.0 Å². The van der Waals surface area contributed by atoms with E-state index in [2.05, 4.69) is 6.07 Å². The Hall–Kier alpha value is -2.22. The van der Waals surface area contributed by atoms with Crippen LogP contribution in [0.5, 0.6) is 0 Å². The lowest BCUT2D eigenvalue weighted by Crippen LogP contribution is -2.05. The fourth-order valence-electron chi connectivity index (χ4n) is 2.03. The number of carbonyl (C=O) groups excluding carboxylic acids is 1. The molecule has 86 valence electrons. The minimum absolute atomic E-state index is 0.0764. The van der Waals surface area contributed by atoms with Gasteiger partial charge in [-0.05, 0) is 18.4 Å². The summed E-state index contributed by atoms with van der Waals surface area (Å²) in [6.07, 6.45) is 1.41. The lowest BCUT2D eigenvalue weighted by Gasteiger charge is -2.02. The van der Waals surface area contributed by atoms with E-state index >= 15 is 0 Å². The number of hydrogen-bond acceptors (Lipinski definition) is 4. The van der Waals surface area contributed by atoms with E-state index in [-0.39, 0.29) is 23.8 Å². The van der Waals surface area contributed by atoms with Gasteiger partial charge in [0.15, 0.2) is 5.78 Å². The third-order valence-corrected chi connectivity index (χ3v) is 2.98. The number of nitriles is 1. The van der Waals surface area contributed by atoms with Crippen molar-refractivity contribution in [3.05, 3.63) is 39.4 Å². The molecule has 1 unspecified atom stereocenters. The van der Waals surface area contributed by atoms with Crippen LogP contribution >= 0.6 is 0 Å². The number of hydrogen-bond donors (Lipinski definition) is 0. The Morgan fingerprint density at radius 2 is 2.24 bits per heavy atom. The normalized spacial score (nSPS) is 19.0. The van der Waals surface area contributed by atoms with Gasteiger partial charge >= 0.3 is 0 Å². The quantitative estimate of drug-likeness (QED) is 0.420. The molecular formula is C12H10N2O3. The van der Waals surface area contributed by atoms with Crippen LogP contribution in [0.3, 0.4) is 0 Å². The highest BCUT2D eigenvalue weighted by molar-refractivity contribution is 5.98. The summed E-state index contributed by atoms with van der Waals surface area (Å²) in [5, 5.41) is 19.5. The van der Waals surface area contributed by atoms with Gasteiger partial charge < -0.3 is 0 Å². The van der Waals surface area contributed by atoms with E-state index in [1.165, 1.54) is 12.1 Å². The van der Waals surface area contributed by atoms with Crippen molar-refractivity contribution >= 4 is 11.5 Å². The summed E-state index contributed by atoms with van der Waals surface area (Å²) in [6.45, 7) is 0. The zero-order valence-corrected chi connectivity index (χ0v) is 9.05. The van der Waals surface area contributed by atoms with Crippen molar-refractivity contribution in [3.63, 3.8) is 0 Å². The van der Waals surface area contributed by atoms with Gasteiger partial charge in [-0.2, -0.15) is 5.26 Å². The summed E-state index contributed by atoms with van der Waals surface area (Å²) in [4.78, 5) is 22.0. The van der Waals surface area contributed by atoms with Gasteiger partial charge in [-0.1, -0.05) is 6.07 Å². The Morgan fingerprint density at radius 1 is 1.47 bits per heavy atom.